The van der Waals surface area contributed by atoms with Gasteiger partial charge in [0.15, 0.2) is 0 Å². The molecule has 0 atom stereocenters. The maximum Gasteiger partial charge on any atom is 0.307 e. The molecule has 0 aromatic carbocycles. The van der Waals surface area contributed by atoms with E-state index < -0.39 is 0 Å². The highest BCUT2D eigenvalue weighted by Gasteiger charge is 2.27. The molecule has 11 heteroatoms. The van der Waals surface area contributed by atoms with E-state index in [2.05, 4.69) is 77.1 Å². The monoisotopic (exact) mass is 1150 g/mol. The number of rotatable bonds is 44. The van der Waals surface area contributed by atoms with Crippen LogP contribution in [-0.2, 0) is 38.1 Å². The van der Waals surface area contributed by atoms with E-state index >= 15 is 0 Å². The Morgan fingerprint density at radius 2 is 0.512 bits per heavy atom. The van der Waals surface area contributed by atoms with Crippen LogP contribution in [0, 0.1) is 71.0 Å². The standard InChI is InChI=1S/C71H131N3O8/c1-56(2)16-10-20-60-24-32-64(33-25-60)52-79-68(75)40-48-73(49-41-69(76)80-53-65-34-26-61(27-35-65)21-11-17-57(3)4)46-14-44-72(9)45-15-47-74(50-42-70(77)81-54-66-36-28-62(29-37-66)22-12-18-58(5)6)51-43-71(78)82-55-67-38-30-63(31-39-67)23-13-19-59(7)8/h56-67H,10-55H2,1-9H3. The zero-order valence-electron chi connectivity index (χ0n) is 55.1. The van der Waals surface area contributed by atoms with E-state index in [1.54, 1.807) is 0 Å². The molecule has 0 spiro atoms. The van der Waals surface area contributed by atoms with Crippen LogP contribution in [0.3, 0.4) is 0 Å². The molecule has 82 heavy (non-hydrogen) atoms. The van der Waals surface area contributed by atoms with Crippen molar-refractivity contribution in [1.82, 2.24) is 14.7 Å². The Bertz CT molecular complexity index is 1410. The van der Waals surface area contributed by atoms with Gasteiger partial charge >= 0.3 is 23.9 Å². The van der Waals surface area contributed by atoms with Crippen LogP contribution in [0.2, 0.25) is 0 Å². The maximum absolute atomic E-state index is 13.2. The van der Waals surface area contributed by atoms with Crippen molar-refractivity contribution in [2.45, 2.75) is 274 Å². The molecule has 478 valence electrons. The minimum absolute atomic E-state index is 0.134. The van der Waals surface area contributed by atoms with Gasteiger partial charge in [0.05, 0.1) is 52.1 Å². The Morgan fingerprint density at radius 3 is 0.720 bits per heavy atom. The van der Waals surface area contributed by atoms with Crippen molar-refractivity contribution in [3.05, 3.63) is 0 Å². The fraction of sp³-hybridized carbons (Fsp3) is 0.944. The van der Waals surface area contributed by atoms with Gasteiger partial charge in [0, 0.05) is 26.2 Å². The highest BCUT2D eigenvalue weighted by molar-refractivity contribution is 5.71. The smallest absolute Gasteiger partial charge is 0.307 e. The lowest BCUT2D eigenvalue weighted by molar-refractivity contribution is -0.147. The summed E-state index contributed by atoms with van der Waals surface area (Å²) in [4.78, 5) is 59.7. The third-order valence-corrected chi connectivity index (χ3v) is 19.9. The molecule has 11 nitrogen and oxygen atoms in total. The first-order valence-corrected chi connectivity index (χ1v) is 35.2. The van der Waals surface area contributed by atoms with Crippen molar-refractivity contribution in [2.75, 3.05) is 85.8 Å². The van der Waals surface area contributed by atoms with Crippen LogP contribution in [-0.4, -0.2) is 124 Å². The molecule has 0 radical (unpaired) electrons. The van der Waals surface area contributed by atoms with E-state index in [0.29, 0.717) is 102 Å². The molecule has 4 saturated carbocycles. The van der Waals surface area contributed by atoms with Crippen LogP contribution >= 0.6 is 0 Å². The number of carbonyl (C=O) groups is 4. The summed E-state index contributed by atoms with van der Waals surface area (Å²) < 4.78 is 23.6. The molecular formula is C71H131N3O8. The molecule has 0 amide bonds. The Hall–Kier alpha value is -2.24. The van der Waals surface area contributed by atoms with Gasteiger partial charge in [0.25, 0.3) is 0 Å². The largest absolute Gasteiger partial charge is 0.465 e. The van der Waals surface area contributed by atoms with E-state index in [0.717, 1.165) is 138 Å². The number of ether oxygens (including phenoxy) is 4. The predicted octanol–water partition coefficient (Wildman–Crippen LogP) is 16.6. The van der Waals surface area contributed by atoms with Gasteiger partial charge in [-0.15, -0.1) is 0 Å². The summed E-state index contributed by atoms with van der Waals surface area (Å²) in [5.74, 6) is 7.72. The number of esters is 4. The first kappa shape index (κ1) is 72.2. The first-order valence-electron chi connectivity index (χ1n) is 35.2. The second-order valence-corrected chi connectivity index (χ2v) is 29.3. The third kappa shape index (κ3) is 35.4. The van der Waals surface area contributed by atoms with Gasteiger partial charge in [-0.05, 0) is 168 Å². The highest BCUT2D eigenvalue weighted by Crippen LogP contribution is 2.36. The molecule has 0 aromatic rings. The Morgan fingerprint density at radius 1 is 0.305 bits per heavy atom. The minimum Gasteiger partial charge on any atom is -0.465 e. The van der Waals surface area contributed by atoms with E-state index in [1.165, 1.54) is 128 Å². The van der Waals surface area contributed by atoms with Crippen molar-refractivity contribution in [2.24, 2.45) is 71.0 Å². The van der Waals surface area contributed by atoms with Gasteiger partial charge in [0.2, 0.25) is 0 Å². The fourth-order valence-electron chi connectivity index (χ4n) is 14.0. The summed E-state index contributed by atoms with van der Waals surface area (Å²) in [5, 5.41) is 0. The van der Waals surface area contributed by atoms with Gasteiger partial charge in [-0.25, -0.2) is 0 Å². The maximum atomic E-state index is 13.2. The molecule has 4 rings (SSSR count). The molecule has 0 bridgehead atoms. The van der Waals surface area contributed by atoms with Crippen molar-refractivity contribution in [1.29, 1.82) is 0 Å². The molecule has 0 aromatic heterocycles. The number of carbonyl (C=O) groups excluding carboxylic acids is 4. The first-order chi connectivity index (χ1) is 39.5. The van der Waals surface area contributed by atoms with Crippen molar-refractivity contribution in [3.8, 4) is 0 Å². The second-order valence-electron chi connectivity index (χ2n) is 29.3. The lowest BCUT2D eigenvalue weighted by atomic mass is 9.80. The number of hydrogen-bond donors (Lipinski definition) is 0. The molecule has 4 fully saturated rings. The molecule has 0 unspecified atom stereocenters. The summed E-state index contributed by atoms with van der Waals surface area (Å²) in [5.41, 5.74) is 0. The van der Waals surface area contributed by atoms with E-state index in [9.17, 15) is 19.2 Å². The van der Waals surface area contributed by atoms with Crippen molar-refractivity contribution >= 4 is 23.9 Å². The Labute approximate surface area is 505 Å². The molecule has 4 aliphatic carbocycles. The van der Waals surface area contributed by atoms with E-state index in [1.807, 2.05) is 0 Å². The van der Waals surface area contributed by atoms with Crippen molar-refractivity contribution in [3.63, 3.8) is 0 Å². The zero-order valence-corrected chi connectivity index (χ0v) is 55.1. The zero-order chi connectivity index (χ0) is 59.3. The topological polar surface area (TPSA) is 115 Å². The van der Waals surface area contributed by atoms with Crippen LogP contribution in [0.4, 0.5) is 0 Å². The SMILES string of the molecule is CC(C)CCCC1CCC(COC(=O)CCN(CCCN(C)CCCN(CCC(=O)OCC2CCC(CCCC(C)C)CC2)CCC(=O)OCC2CCC(CCCC(C)C)CC2)CCC(=O)OCC2CCC(CCCC(C)C)CC2)CC1. The molecule has 0 N–H and O–H groups in total. The lowest BCUT2D eigenvalue weighted by Crippen LogP contribution is -2.34. The van der Waals surface area contributed by atoms with Crippen LogP contribution in [0.25, 0.3) is 0 Å². The quantitative estimate of drug-likeness (QED) is 0.0429. The van der Waals surface area contributed by atoms with Crippen molar-refractivity contribution < 1.29 is 38.1 Å². The lowest BCUT2D eigenvalue weighted by Gasteiger charge is -2.29. The van der Waals surface area contributed by atoms with Gasteiger partial charge in [-0.2, -0.15) is 0 Å². The number of nitrogens with zero attached hydrogens (tertiary/aromatic N) is 3. The normalized spacial score (nSPS) is 23.6. The third-order valence-electron chi connectivity index (χ3n) is 19.9. The summed E-state index contributed by atoms with van der Waals surface area (Å²) in [6.45, 7) is 26.2. The summed E-state index contributed by atoms with van der Waals surface area (Å²) >= 11 is 0. The average molecular weight is 1150 g/mol. The predicted molar refractivity (Wildman–Crippen MR) is 338 cm³/mol. The molecule has 0 heterocycles. The Balaban J connectivity index is 1.22. The number of hydrogen-bond acceptors (Lipinski definition) is 11. The second kappa shape index (κ2) is 43.4. The highest BCUT2D eigenvalue weighted by atomic mass is 16.5. The van der Waals surface area contributed by atoms with Crippen LogP contribution in [0.15, 0.2) is 0 Å². The Kier molecular flexibility index (Phi) is 38.2. The molecule has 0 saturated heterocycles. The van der Waals surface area contributed by atoms with Gasteiger partial charge in [-0.1, -0.05) is 184 Å². The van der Waals surface area contributed by atoms with Gasteiger partial charge in [-0.3, -0.25) is 19.2 Å². The van der Waals surface area contributed by atoms with Gasteiger partial charge in [0.1, 0.15) is 0 Å². The molecule has 0 aliphatic heterocycles. The summed E-state index contributed by atoms with van der Waals surface area (Å²) in [6.07, 6.45) is 38.3. The summed E-state index contributed by atoms with van der Waals surface area (Å²) in [7, 11) is 2.16. The molecular weight excluding hydrogens is 1020 g/mol. The van der Waals surface area contributed by atoms with Crippen LogP contribution in [0.1, 0.15) is 274 Å². The van der Waals surface area contributed by atoms with Crippen LogP contribution < -0.4 is 0 Å². The average Bonchev–Trinajstić information content (AvgIpc) is 3.48. The molecule has 4 aliphatic rings. The van der Waals surface area contributed by atoms with E-state index in [-0.39, 0.29) is 23.9 Å². The summed E-state index contributed by atoms with van der Waals surface area (Å²) in [6, 6.07) is 0. The minimum atomic E-state index is -0.134. The fourth-order valence-corrected chi connectivity index (χ4v) is 14.0. The van der Waals surface area contributed by atoms with Gasteiger partial charge < -0.3 is 33.6 Å². The van der Waals surface area contributed by atoms with E-state index in [4.69, 9.17) is 18.9 Å². The van der Waals surface area contributed by atoms with Crippen LogP contribution in [0.5, 0.6) is 0 Å².